The number of hydrogen-bond acceptors (Lipinski definition) is 5. The van der Waals surface area contributed by atoms with Crippen LogP contribution in [0.4, 0.5) is 10.5 Å². The molecule has 1 saturated carbocycles. The second-order valence-corrected chi connectivity index (χ2v) is 11.2. The molecule has 0 bridgehead atoms. The Morgan fingerprint density at radius 1 is 1.12 bits per heavy atom. The summed E-state index contributed by atoms with van der Waals surface area (Å²) in [6, 6.07) is 14.2. The molecule has 2 aliphatic rings. The highest BCUT2D eigenvalue weighted by Gasteiger charge is 2.34. The summed E-state index contributed by atoms with van der Waals surface area (Å²) in [5.41, 5.74) is 1.69. The van der Waals surface area contributed by atoms with E-state index in [1.165, 1.54) is 6.42 Å². The Balaban J connectivity index is 1.53. The van der Waals surface area contributed by atoms with Crippen LogP contribution < -0.4 is 15.4 Å². The van der Waals surface area contributed by atoms with E-state index in [0.29, 0.717) is 30.1 Å². The van der Waals surface area contributed by atoms with Crippen LogP contribution in [0.3, 0.4) is 0 Å². The normalized spacial score (nSPS) is 20.4. The molecule has 1 aliphatic heterocycles. The number of fused-ring (bicyclic) bond motifs is 1. The summed E-state index contributed by atoms with van der Waals surface area (Å²) in [5, 5.41) is 15.9. The Labute approximate surface area is 236 Å². The minimum atomic E-state index is -0.412. The van der Waals surface area contributed by atoms with Gasteiger partial charge in [-0.05, 0) is 43.5 Å². The number of rotatable bonds is 8. The van der Waals surface area contributed by atoms with Crippen LogP contribution >= 0.6 is 0 Å². The van der Waals surface area contributed by atoms with E-state index in [1.807, 2.05) is 37.3 Å². The molecule has 40 heavy (non-hydrogen) atoms. The van der Waals surface area contributed by atoms with E-state index in [-0.39, 0.29) is 48.9 Å². The summed E-state index contributed by atoms with van der Waals surface area (Å²) in [6.07, 6.45) is 5.32. The smallest absolute Gasteiger partial charge is 0.317 e. The van der Waals surface area contributed by atoms with Crippen LogP contribution in [0.2, 0.25) is 0 Å². The average Bonchev–Trinajstić information content (AvgIpc) is 2.95. The molecule has 9 nitrogen and oxygen atoms in total. The fourth-order valence-electron chi connectivity index (χ4n) is 5.39. The van der Waals surface area contributed by atoms with E-state index >= 15 is 0 Å². The zero-order valence-corrected chi connectivity index (χ0v) is 23.8. The fraction of sp³-hybridized carbons (Fsp3) is 0.516. The van der Waals surface area contributed by atoms with Crippen LogP contribution in [-0.2, 0) is 11.2 Å². The number of amides is 4. The third kappa shape index (κ3) is 7.53. The minimum absolute atomic E-state index is 0.110. The predicted molar refractivity (Wildman–Crippen MR) is 154 cm³/mol. The van der Waals surface area contributed by atoms with Crippen molar-refractivity contribution in [2.24, 2.45) is 5.92 Å². The molecule has 3 N–H and O–H groups in total. The van der Waals surface area contributed by atoms with Crippen LogP contribution in [0.25, 0.3) is 0 Å². The van der Waals surface area contributed by atoms with Crippen LogP contribution in [0.5, 0.6) is 5.75 Å². The summed E-state index contributed by atoms with van der Waals surface area (Å²) in [4.78, 5) is 42.6. The van der Waals surface area contributed by atoms with Crippen molar-refractivity contribution in [1.29, 1.82) is 0 Å². The highest BCUT2D eigenvalue weighted by Crippen LogP contribution is 2.31. The maximum absolute atomic E-state index is 13.7. The summed E-state index contributed by atoms with van der Waals surface area (Å²) in [5.74, 6) is -0.187. The number of carbonyl (C=O) groups is 3. The molecule has 0 unspecified atom stereocenters. The van der Waals surface area contributed by atoms with Gasteiger partial charge in [-0.2, -0.15) is 0 Å². The van der Waals surface area contributed by atoms with E-state index in [4.69, 9.17) is 4.74 Å². The number of hydrogen-bond donors (Lipinski definition) is 3. The molecule has 216 valence electrons. The van der Waals surface area contributed by atoms with Crippen molar-refractivity contribution in [3.8, 4) is 5.75 Å². The third-order valence-corrected chi connectivity index (χ3v) is 7.89. The molecular formula is C31H42N4O5. The lowest BCUT2D eigenvalue weighted by Crippen LogP contribution is -2.52. The number of carbonyl (C=O) groups excluding carboxylic acids is 3. The topological polar surface area (TPSA) is 111 Å². The fourth-order valence-corrected chi connectivity index (χ4v) is 5.39. The lowest BCUT2D eigenvalue weighted by atomic mass is 9.96. The zero-order valence-electron chi connectivity index (χ0n) is 23.8. The van der Waals surface area contributed by atoms with Gasteiger partial charge in [-0.1, -0.05) is 56.5 Å². The quantitative estimate of drug-likeness (QED) is 0.459. The van der Waals surface area contributed by atoms with Crippen molar-refractivity contribution in [2.75, 3.05) is 32.1 Å². The lowest BCUT2D eigenvalue weighted by molar-refractivity contribution is -0.115. The number of anilines is 1. The summed E-state index contributed by atoms with van der Waals surface area (Å²) < 4.78 is 6.40. The van der Waals surface area contributed by atoms with E-state index in [1.54, 1.807) is 42.0 Å². The van der Waals surface area contributed by atoms with Gasteiger partial charge in [0.1, 0.15) is 11.9 Å². The number of nitrogens with one attached hydrogen (secondary N) is 2. The largest absolute Gasteiger partial charge is 0.487 e. The molecule has 3 atom stereocenters. The Hall–Kier alpha value is -3.59. The molecule has 4 rings (SSSR count). The number of aliphatic hydroxyl groups excluding tert-OH is 1. The highest BCUT2D eigenvalue weighted by molar-refractivity contribution is 6.00. The monoisotopic (exact) mass is 550 g/mol. The summed E-state index contributed by atoms with van der Waals surface area (Å²) in [6.45, 7) is 4.30. The highest BCUT2D eigenvalue weighted by atomic mass is 16.5. The van der Waals surface area contributed by atoms with Crippen molar-refractivity contribution >= 4 is 23.5 Å². The van der Waals surface area contributed by atoms with Gasteiger partial charge >= 0.3 is 6.03 Å². The van der Waals surface area contributed by atoms with Gasteiger partial charge in [0.05, 0.1) is 31.2 Å². The Morgan fingerprint density at radius 3 is 2.55 bits per heavy atom. The molecule has 1 aliphatic carbocycles. The molecule has 9 heteroatoms. The Kier molecular flexibility index (Phi) is 10.0. The van der Waals surface area contributed by atoms with E-state index in [0.717, 1.165) is 31.2 Å². The molecule has 2 aromatic rings. The van der Waals surface area contributed by atoms with Crippen molar-refractivity contribution in [1.82, 2.24) is 15.1 Å². The number of aliphatic hydroxyl groups is 1. The maximum Gasteiger partial charge on any atom is 0.317 e. The molecule has 1 fully saturated rings. The molecule has 2 aromatic carbocycles. The molecule has 4 amide bonds. The first-order valence-electron chi connectivity index (χ1n) is 14.3. The van der Waals surface area contributed by atoms with Crippen molar-refractivity contribution in [3.05, 3.63) is 59.7 Å². The van der Waals surface area contributed by atoms with Gasteiger partial charge in [-0.15, -0.1) is 0 Å². The number of urea groups is 1. The third-order valence-electron chi connectivity index (χ3n) is 7.89. The summed E-state index contributed by atoms with van der Waals surface area (Å²) in [7, 11) is 1.76. The molecule has 1 heterocycles. The van der Waals surface area contributed by atoms with Gasteiger partial charge in [0, 0.05) is 31.2 Å². The van der Waals surface area contributed by atoms with Gasteiger partial charge in [0.15, 0.2) is 0 Å². The van der Waals surface area contributed by atoms with Gasteiger partial charge in [-0.3, -0.25) is 9.59 Å². The Morgan fingerprint density at radius 2 is 1.85 bits per heavy atom. The molecule has 0 radical (unpaired) electrons. The second-order valence-electron chi connectivity index (χ2n) is 11.2. The van der Waals surface area contributed by atoms with E-state index in [2.05, 4.69) is 10.6 Å². The lowest BCUT2D eigenvalue weighted by Gasteiger charge is -2.38. The number of nitrogens with zero attached hydrogens (tertiary/aromatic N) is 2. The number of likely N-dealkylation sites (N-methyl/N-ethyl adjacent to an activating group) is 1. The maximum atomic E-state index is 13.7. The van der Waals surface area contributed by atoms with Gasteiger partial charge in [0.2, 0.25) is 5.91 Å². The van der Waals surface area contributed by atoms with Crippen LogP contribution in [0.15, 0.2) is 48.5 Å². The Bertz CT molecular complexity index is 1170. The van der Waals surface area contributed by atoms with Crippen molar-refractivity contribution < 1.29 is 24.2 Å². The first-order valence-corrected chi connectivity index (χ1v) is 14.3. The zero-order chi connectivity index (χ0) is 28.6. The van der Waals surface area contributed by atoms with Crippen LogP contribution in [-0.4, -0.2) is 77.7 Å². The SMILES string of the molecule is C[C@@H]1CN([C@H](C)CO)C(=O)c2cc(NC(=O)Cc3ccccc3)ccc2O[C@@H]1CN(C)C(=O)NC1CCCCC1. The number of ether oxygens (including phenoxy) is 1. The van der Waals surface area contributed by atoms with Gasteiger partial charge in [-0.25, -0.2) is 4.79 Å². The first kappa shape index (κ1) is 29.4. The van der Waals surface area contributed by atoms with Crippen molar-refractivity contribution in [2.45, 2.75) is 70.6 Å². The summed E-state index contributed by atoms with van der Waals surface area (Å²) >= 11 is 0. The molecular weight excluding hydrogens is 508 g/mol. The molecule has 0 saturated heterocycles. The molecule has 0 spiro atoms. The molecule has 0 aromatic heterocycles. The minimum Gasteiger partial charge on any atom is -0.487 e. The first-order chi connectivity index (χ1) is 19.2. The number of benzene rings is 2. The van der Waals surface area contributed by atoms with E-state index < -0.39 is 6.04 Å². The van der Waals surface area contributed by atoms with Gasteiger partial charge in [0.25, 0.3) is 5.91 Å². The van der Waals surface area contributed by atoms with Crippen LogP contribution in [0.1, 0.15) is 61.9 Å². The standard InChI is InChI=1S/C31H42N4O5/c1-21-18-35(22(2)20-36)30(38)26-17-25(32-29(37)16-23-10-6-4-7-11-23)14-15-27(26)40-28(21)19-34(3)31(39)33-24-12-8-5-9-13-24/h4,6-7,10-11,14-15,17,21-22,24,28,36H,5,8-9,12-13,16,18-20H2,1-3H3,(H,32,37)(H,33,39)/t21-,22-,28-/m1/s1. The second kappa shape index (κ2) is 13.7. The van der Waals surface area contributed by atoms with Crippen molar-refractivity contribution in [3.63, 3.8) is 0 Å². The van der Waals surface area contributed by atoms with Crippen LogP contribution in [0, 0.1) is 5.92 Å². The van der Waals surface area contributed by atoms with Gasteiger partial charge < -0.3 is 30.3 Å². The van der Waals surface area contributed by atoms with E-state index in [9.17, 15) is 19.5 Å². The predicted octanol–water partition coefficient (Wildman–Crippen LogP) is 4.06. The average molecular weight is 551 g/mol.